The molecule has 0 atom stereocenters. The van der Waals surface area contributed by atoms with Crippen LogP contribution in [-0.4, -0.2) is 15.0 Å². The van der Waals surface area contributed by atoms with Gasteiger partial charge in [0.15, 0.2) is 0 Å². The molecule has 0 unspecified atom stereocenters. The lowest BCUT2D eigenvalue weighted by Gasteiger charge is -2.02. The van der Waals surface area contributed by atoms with Crippen molar-refractivity contribution in [1.29, 1.82) is 0 Å². The molecule has 3 nitrogen and oxygen atoms in total. The SMILES string of the molecule is NCCC1=CS(=O)(=O)c2cc(Br)ccc21. The summed E-state index contributed by atoms with van der Waals surface area (Å²) in [5.41, 5.74) is 7.03. The molecule has 5 heteroatoms. The molecule has 0 aliphatic carbocycles. The lowest BCUT2D eigenvalue weighted by atomic mass is 10.1. The van der Waals surface area contributed by atoms with Crippen LogP contribution in [0.5, 0.6) is 0 Å². The van der Waals surface area contributed by atoms with Gasteiger partial charge in [-0.3, -0.25) is 0 Å². The summed E-state index contributed by atoms with van der Waals surface area (Å²) in [4.78, 5) is 0.375. The van der Waals surface area contributed by atoms with Crippen LogP contribution in [0.15, 0.2) is 33.0 Å². The molecule has 0 spiro atoms. The molecule has 0 radical (unpaired) electrons. The van der Waals surface area contributed by atoms with E-state index in [2.05, 4.69) is 15.9 Å². The summed E-state index contributed by atoms with van der Waals surface area (Å²) >= 11 is 3.26. The van der Waals surface area contributed by atoms with Crippen LogP contribution in [-0.2, 0) is 9.84 Å². The van der Waals surface area contributed by atoms with Gasteiger partial charge in [0.1, 0.15) is 0 Å². The van der Waals surface area contributed by atoms with E-state index < -0.39 is 9.84 Å². The van der Waals surface area contributed by atoms with Crippen molar-refractivity contribution in [2.45, 2.75) is 11.3 Å². The number of fused-ring (bicyclic) bond motifs is 1. The van der Waals surface area contributed by atoms with E-state index in [1.807, 2.05) is 12.1 Å². The average molecular weight is 288 g/mol. The quantitative estimate of drug-likeness (QED) is 0.904. The van der Waals surface area contributed by atoms with E-state index in [1.165, 1.54) is 5.41 Å². The maximum atomic E-state index is 11.8. The number of halogens is 1. The largest absolute Gasteiger partial charge is 0.330 e. The molecule has 15 heavy (non-hydrogen) atoms. The van der Waals surface area contributed by atoms with Gasteiger partial charge in [0, 0.05) is 9.88 Å². The summed E-state index contributed by atoms with van der Waals surface area (Å²) in [7, 11) is -3.25. The molecule has 1 aliphatic heterocycles. The summed E-state index contributed by atoms with van der Waals surface area (Å²) in [6, 6.07) is 5.28. The molecule has 0 aromatic heterocycles. The Bertz CT molecular complexity index is 534. The molecule has 1 heterocycles. The molecule has 1 aromatic rings. The van der Waals surface area contributed by atoms with Gasteiger partial charge in [-0.2, -0.15) is 0 Å². The Morgan fingerprint density at radius 3 is 2.73 bits per heavy atom. The van der Waals surface area contributed by atoms with Gasteiger partial charge in [0.2, 0.25) is 9.84 Å². The smallest absolute Gasteiger partial charge is 0.200 e. The molecule has 2 N–H and O–H groups in total. The van der Waals surface area contributed by atoms with Crippen LogP contribution < -0.4 is 5.73 Å². The van der Waals surface area contributed by atoms with Crippen LogP contribution in [0.2, 0.25) is 0 Å². The van der Waals surface area contributed by atoms with Gasteiger partial charge in [0.05, 0.1) is 4.90 Å². The van der Waals surface area contributed by atoms with Crippen molar-refractivity contribution < 1.29 is 8.42 Å². The van der Waals surface area contributed by atoms with E-state index in [-0.39, 0.29) is 0 Å². The molecular formula is C10H10BrNO2S. The second kappa shape index (κ2) is 3.73. The molecule has 1 aromatic carbocycles. The Hall–Kier alpha value is -0.650. The number of benzene rings is 1. The Kier molecular flexibility index (Phi) is 2.70. The van der Waals surface area contributed by atoms with Crippen molar-refractivity contribution in [3.8, 4) is 0 Å². The molecule has 0 saturated heterocycles. The molecule has 0 saturated carbocycles. The highest BCUT2D eigenvalue weighted by Gasteiger charge is 2.26. The zero-order valence-corrected chi connectivity index (χ0v) is 10.3. The lowest BCUT2D eigenvalue weighted by molar-refractivity contribution is 0.605. The van der Waals surface area contributed by atoms with E-state index in [0.29, 0.717) is 17.9 Å². The van der Waals surface area contributed by atoms with Crippen molar-refractivity contribution in [2.24, 2.45) is 5.73 Å². The zero-order chi connectivity index (χ0) is 11.1. The standard InChI is InChI=1S/C10H10BrNO2S/c11-8-1-2-9-7(3-4-12)6-15(13,14)10(9)5-8/h1-2,5-6H,3-4,12H2. The third-order valence-electron chi connectivity index (χ3n) is 2.31. The van der Waals surface area contributed by atoms with Crippen LogP contribution in [0.1, 0.15) is 12.0 Å². The summed E-state index contributed by atoms with van der Waals surface area (Å²) in [6.07, 6.45) is 0.591. The van der Waals surface area contributed by atoms with Gasteiger partial charge >= 0.3 is 0 Å². The van der Waals surface area contributed by atoms with Crippen molar-refractivity contribution in [3.63, 3.8) is 0 Å². The first-order valence-electron chi connectivity index (χ1n) is 4.50. The average Bonchev–Trinajstić information content (AvgIpc) is 2.39. The Morgan fingerprint density at radius 1 is 1.33 bits per heavy atom. The van der Waals surface area contributed by atoms with Crippen LogP contribution in [0.25, 0.3) is 5.57 Å². The first-order valence-corrected chi connectivity index (χ1v) is 6.84. The maximum absolute atomic E-state index is 11.8. The second-order valence-corrected chi connectivity index (χ2v) is 6.05. The molecule has 80 valence electrons. The van der Waals surface area contributed by atoms with Gasteiger partial charge in [-0.05, 0) is 36.2 Å². The first-order chi connectivity index (χ1) is 7.04. The van der Waals surface area contributed by atoms with E-state index in [1.54, 1.807) is 6.07 Å². The van der Waals surface area contributed by atoms with E-state index >= 15 is 0 Å². The fourth-order valence-electron chi connectivity index (χ4n) is 1.66. The fraction of sp³-hybridized carbons (Fsp3) is 0.200. The molecule has 0 amide bonds. The number of hydrogen-bond donors (Lipinski definition) is 1. The van der Waals surface area contributed by atoms with Gasteiger partial charge in [-0.1, -0.05) is 22.0 Å². The van der Waals surface area contributed by atoms with E-state index in [4.69, 9.17) is 5.73 Å². The molecular weight excluding hydrogens is 278 g/mol. The predicted molar refractivity (Wildman–Crippen MR) is 63.0 cm³/mol. The van der Waals surface area contributed by atoms with Gasteiger partial charge in [-0.15, -0.1) is 0 Å². The Balaban J connectivity index is 2.62. The number of hydrogen-bond acceptors (Lipinski definition) is 3. The van der Waals surface area contributed by atoms with Gasteiger partial charge in [0.25, 0.3) is 0 Å². The first kappa shape index (κ1) is 10.9. The Labute approximate surface area is 97.0 Å². The third-order valence-corrected chi connectivity index (χ3v) is 4.35. The van der Waals surface area contributed by atoms with Crippen molar-refractivity contribution in [1.82, 2.24) is 0 Å². The molecule has 1 aliphatic rings. The number of sulfone groups is 1. The minimum Gasteiger partial charge on any atom is -0.330 e. The minimum atomic E-state index is -3.25. The summed E-state index contributed by atoms with van der Waals surface area (Å²) < 4.78 is 24.3. The highest BCUT2D eigenvalue weighted by molar-refractivity contribution is 9.10. The topological polar surface area (TPSA) is 60.2 Å². The molecule has 0 bridgehead atoms. The van der Waals surface area contributed by atoms with E-state index in [9.17, 15) is 8.42 Å². The van der Waals surface area contributed by atoms with E-state index in [0.717, 1.165) is 15.6 Å². The zero-order valence-electron chi connectivity index (χ0n) is 7.90. The van der Waals surface area contributed by atoms with Crippen molar-refractivity contribution in [3.05, 3.63) is 33.6 Å². The fourth-order valence-corrected chi connectivity index (χ4v) is 3.72. The second-order valence-electron chi connectivity index (χ2n) is 3.37. The maximum Gasteiger partial charge on any atom is 0.200 e. The van der Waals surface area contributed by atoms with Crippen molar-refractivity contribution >= 4 is 31.3 Å². The van der Waals surface area contributed by atoms with Crippen LogP contribution in [0.4, 0.5) is 0 Å². The molecule has 0 fully saturated rings. The lowest BCUT2D eigenvalue weighted by Crippen LogP contribution is -1.99. The normalized spacial score (nSPS) is 17.3. The van der Waals surface area contributed by atoms with Crippen LogP contribution in [0.3, 0.4) is 0 Å². The van der Waals surface area contributed by atoms with Crippen molar-refractivity contribution in [2.75, 3.05) is 6.54 Å². The number of nitrogens with two attached hydrogens (primary N) is 1. The van der Waals surface area contributed by atoms with Gasteiger partial charge < -0.3 is 5.73 Å². The highest BCUT2D eigenvalue weighted by atomic mass is 79.9. The monoisotopic (exact) mass is 287 g/mol. The number of rotatable bonds is 2. The van der Waals surface area contributed by atoms with Crippen LogP contribution >= 0.6 is 15.9 Å². The predicted octanol–water partition coefficient (Wildman–Crippen LogP) is 1.93. The molecule has 2 rings (SSSR count). The summed E-state index contributed by atoms with van der Waals surface area (Å²) in [5, 5.41) is 1.32. The Morgan fingerprint density at radius 2 is 2.07 bits per heavy atom. The van der Waals surface area contributed by atoms with Gasteiger partial charge in [-0.25, -0.2) is 8.42 Å². The summed E-state index contributed by atoms with van der Waals surface area (Å²) in [6.45, 7) is 0.455. The summed E-state index contributed by atoms with van der Waals surface area (Å²) in [5.74, 6) is 0. The highest BCUT2D eigenvalue weighted by Crippen LogP contribution is 2.36. The van der Waals surface area contributed by atoms with Crippen LogP contribution in [0, 0.1) is 0 Å². The third kappa shape index (κ3) is 1.87. The minimum absolute atomic E-state index is 0.375.